The molecule has 0 bridgehead atoms. The molecule has 0 atom stereocenters. The van der Waals surface area contributed by atoms with E-state index in [1.165, 1.54) is 18.4 Å². The molecule has 3 N–H and O–H groups in total. The fraction of sp³-hybridized carbons (Fsp3) is 0.412. The smallest absolute Gasteiger partial charge is 0.411 e. The molecule has 0 aliphatic carbocycles. The highest BCUT2D eigenvalue weighted by Gasteiger charge is 2.24. The highest BCUT2D eigenvalue weighted by molar-refractivity contribution is 5.91. The number of anilines is 3. The Kier molecular flexibility index (Phi) is 10.6. The minimum Gasteiger partial charge on any atom is -0.453 e. The number of nitrogens with two attached hydrogens (primary N) is 1. The first kappa shape index (κ1) is 31.2. The van der Waals surface area contributed by atoms with E-state index in [4.69, 9.17) is 15.2 Å². The number of urea groups is 1. The highest BCUT2D eigenvalue weighted by atomic mass is 16.5. The Morgan fingerprint density at radius 2 is 1.59 bits per heavy atom. The molecular weight excluding hydrogens is 556 g/mol. The number of benzene rings is 3. The summed E-state index contributed by atoms with van der Waals surface area (Å²) in [5.41, 5.74) is 13.0. The second-order valence-electron chi connectivity index (χ2n) is 11.3. The van der Waals surface area contributed by atoms with Crippen molar-refractivity contribution in [1.82, 2.24) is 9.80 Å². The topological polar surface area (TPSA) is 104 Å². The molecule has 2 saturated heterocycles. The number of rotatable bonds is 9. The molecule has 0 radical (unpaired) electrons. The van der Waals surface area contributed by atoms with Crippen molar-refractivity contribution in [2.45, 2.75) is 19.9 Å². The summed E-state index contributed by atoms with van der Waals surface area (Å²) in [4.78, 5) is 34.2. The quantitative estimate of drug-likeness (QED) is 0.365. The zero-order valence-electron chi connectivity index (χ0n) is 25.8. The molecule has 0 aromatic heterocycles. The lowest BCUT2D eigenvalue weighted by Gasteiger charge is -2.38. The third kappa shape index (κ3) is 7.62. The van der Waals surface area contributed by atoms with E-state index >= 15 is 0 Å². The summed E-state index contributed by atoms with van der Waals surface area (Å²) in [5, 5.41) is 2.94. The van der Waals surface area contributed by atoms with E-state index in [-0.39, 0.29) is 6.03 Å². The van der Waals surface area contributed by atoms with E-state index in [9.17, 15) is 9.59 Å². The number of methoxy groups -OCH3 is 1. The molecule has 2 aliphatic rings. The number of aryl methyl sites for hydroxylation is 1. The van der Waals surface area contributed by atoms with Gasteiger partial charge in [-0.25, -0.2) is 9.59 Å². The molecule has 234 valence electrons. The average Bonchev–Trinajstić information content (AvgIpc) is 3.07. The van der Waals surface area contributed by atoms with Gasteiger partial charge in [0.2, 0.25) is 0 Å². The molecule has 2 aliphatic heterocycles. The minimum atomic E-state index is -0.507. The number of para-hydroxylation sites is 1. The molecule has 2 fully saturated rings. The third-order valence-electron chi connectivity index (χ3n) is 8.31. The van der Waals surface area contributed by atoms with Crippen LogP contribution in [-0.4, -0.2) is 94.6 Å². The number of ether oxygens (including phenoxy) is 2. The zero-order chi connectivity index (χ0) is 30.9. The van der Waals surface area contributed by atoms with Crippen LogP contribution in [0.25, 0.3) is 11.1 Å². The van der Waals surface area contributed by atoms with Crippen molar-refractivity contribution in [3.63, 3.8) is 0 Å². The largest absolute Gasteiger partial charge is 0.453 e. The first-order valence-electron chi connectivity index (χ1n) is 15.4. The summed E-state index contributed by atoms with van der Waals surface area (Å²) in [5.74, 6) is 0. The Bertz CT molecular complexity index is 1420. The van der Waals surface area contributed by atoms with Gasteiger partial charge < -0.3 is 34.8 Å². The van der Waals surface area contributed by atoms with Gasteiger partial charge in [0.05, 0.1) is 31.7 Å². The van der Waals surface area contributed by atoms with Gasteiger partial charge in [-0.1, -0.05) is 42.5 Å². The summed E-state index contributed by atoms with van der Waals surface area (Å²) in [6.45, 7) is 9.50. The number of amides is 3. The molecular formula is C34H44N6O4. The Morgan fingerprint density at radius 3 is 2.30 bits per heavy atom. The van der Waals surface area contributed by atoms with Crippen molar-refractivity contribution in [1.29, 1.82) is 0 Å². The lowest BCUT2D eigenvalue weighted by Crippen LogP contribution is -2.48. The molecule has 3 aromatic carbocycles. The van der Waals surface area contributed by atoms with Crippen LogP contribution in [0.15, 0.2) is 66.7 Å². The fourth-order valence-corrected chi connectivity index (χ4v) is 5.91. The first-order valence-corrected chi connectivity index (χ1v) is 15.4. The maximum Gasteiger partial charge on any atom is 0.411 e. The number of hydrogen-bond acceptors (Lipinski definition) is 7. The van der Waals surface area contributed by atoms with Gasteiger partial charge in [0, 0.05) is 58.0 Å². The van der Waals surface area contributed by atoms with Gasteiger partial charge in [-0.15, -0.1) is 0 Å². The molecule has 3 amide bonds. The molecule has 0 unspecified atom stereocenters. The molecule has 3 aromatic rings. The molecule has 0 saturated carbocycles. The van der Waals surface area contributed by atoms with Crippen molar-refractivity contribution in [2.75, 3.05) is 87.8 Å². The van der Waals surface area contributed by atoms with Crippen LogP contribution in [0.5, 0.6) is 0 Å². The van der Waals surface area contributed by atoms with Crippen molar-refractivity contribution >= 4 is 29.2 Å². The summed E-state index contributed by atoms with van der Waals surface area (Å²) in [7, 11) is 1.37. The lowest BCUT2D eigenvalue weighted by atomic mass is 10.0. The second kappa shape index (κ2) is 14.9. The van der Waals surface area contributed by atoms with Crippen LogP contribution in [0, 0.1) is 6.92 Å². The van der Waals surface area contributed by atoms with Gasteiger partial charge in [0.25, 0.3) is 0 Å². The van der Waals surface area contributed by atoms with Gasteiger partial charge in [-0.3, -0.25) is 5.32 Å². The summed E-state index contributed by atoms with van der Waals surface area (Å²) in [6.07, 6.45) is 0.229. The predicted octanol–water partition coefficient (Wildman–Crippen LogP) is 4.77. The average molecular weight is 601 g/mol. The molecule has 10 nitrogen and oxygen atoms in total. The van der Waals surface area contributed by atoms with Crippen molar-refractivity contribution in [2.24, 2.45) is 5.73 Å². The number of morpholine rings is 1. The van der Waals surface area contributed by atoms with Crippen LogP contribution < -0.4 is 20.9 Å². The van der Waals surface area contributed by atoms with Gasteiger partial charge in [0.1, 0.15) is 0 Å². The normalized spacial score (nSPS) is 15.2. The minimum absolute atomic E-state index is 0.0172. The predicted molar refractivity (Wildman–Crippen MR) is 175 cm³/mol. The lowest BCUT2D eigenvalue weighted by molar-refractivity contribution is 0.0425. The van der Waals surface area contributed by atoms with Gasteiger partial charge in [0.15, 0.2) is 0 Å². The van der Waals surface area contributed by atoms with Crippen LogP contribution in [0.1, 0.15) is 17.5 Å². The number of nitrogens with zero attached hydrogens (tertiary/aromatic N) is 4. The number of nitrogens with one attached hydrogen (secondary N) is 1. The standard InChI is InChI=1S/C34H44N6O4/c1-26-7-3-4-10-31(26)37-15-17-38(18-16-37)32-12-11-29(24-30(32)36-33(41)43-2)28-9-5-8-27(23-28)25-40(14-6-13-35)34(42)39-19-21-44-22-20-39/h3-5,7-12,23-24H,6,13-22,25,35H2,1-2H3,(H,36,41). The molecule has 10 heteroatoms. The Labute approximate surface area is 260 Å². The van der Waals surface area contributed by atoms with E-state index < -0.39 is 6.09 Å². The van der Waals surface area contributed by atoms with E-state index in [1.807, 2.05) is 28.0 Å². The third-order valence-corrected chi connectivity index (χ3v) is 8.31. The molecule has 2 heterocycles. The molecule has 44 heavy (non-hydrogen) atoms. The van der Waals surface area contributed by atoms with Crippen molar-refractivity contribution in [3.05, 3.63) is 77.9 Å². The van der Waals surface area contributed by atoms with Gasteiger partial charge in [-0.05, 0) is 66.4 Å². The van der Waals surface area contributed by atoms with E-state index in [1.54, 1.807) is 0 Å². The van der Waals surface area contributed by atoms with E-state index in [0.29, 0.717) is 51.6 Å². The first-order chi connectivity index (χ1) is 21.5. The van der Waals surface area contributed by atoms with Crippen LogP contribution in [0.2, 0.25) is 0 Å². The maximum atomic E-state index is 13.3. The second-order valence-corrected chi connectivity index (χ2v) is 11.3. The van der Waals surface area contributed by atoms with Gasteiger partial charge in [-0.2, -0.15) is 0 Å². The monoisotopic (exact) mass is 600 g/mol. The van der Waals surface area contributed by atoms with Crippen molar-refractivity contribution in [3.8, 4) is 11.1 Å². The van der Waals surface area contributed by atoms with E-state index in [0.717, 1.165) is 55.0 Å². The van der Waals surface area contributed by atoms with Crippen LogP contribution in [0.4, 0.5) is 26.7 Å². The molecule has 5 rings (SSSR count). The summed E-state index contributed by atoms with van der Waals surface area (Å²) in [6, 6.07) is 22.9. The van der Waals surface area contributed by atoms with Crippen LogP contribution in [-0.2, 0) is 16.0 Å². The number of carbonyl (C=O) groups excluding carboxylic acids is 2. The SMILES string of the molecule is COC(=O)Nc1cc(-c2cccc(CN(CCCN)C(=O)N3CCOCC3)c2)ccc1N1CCN(c2ccccc2C)CC1. The van der Waals surface area contributed by atoms with Gasteiger partial charge >= 0.3 is 12.1 Å². The van der Waals surface area contributed by atoms with Crippen LogP contribution in [0.3, 0.4) is 0 Å². The van der Waals surface area contributed by atoms with Crippen LogP contribution >= 0.6 is 0 Å². The number of piperazine rings is 1. The zero-order valence-corrected chi connectivity index (χ0v) is 25.8. The Balaban J connectivity index is 1.35. The number of hydrogen-bond donors (Lipinski definition) is 2. The summed E-state index contributed by atoms with van der Waals surface area (Å²) >= 11 is 0. The maximum absolute atomic E-state index is 13.3. The van der Waals surface area contributed by atoms with Crippen molar-refractivity contribution < 1.29 is 19.1 Å². The Hall–Kier alpha value is -4.28. The number of carbonyl (C=O) groups is 2. The summed E-state index contributed by atoms with van der Waals surface area (Å²) < 4.78 is 10.4. The molecule has 0 spiro atoms. The Morgan fingerprint density at radius 1 is 0.886 bits per heavy atom. The fourth-order valence-electron chi connectivity index (χ4n) is 5.91. The van der Waals surface area contributed by atoms with E-state index in [2.05, 4.69) is 70.6 Å². The highest BCUT2D eigenvalue weighted by Crippen LogP contribution is 2.34.